The molecule has 0 aliphatic rings. The lowest BCUT2D eigenvalue weighted by Crippen LogP contribution is -2.17. The minimum absolute atomic E-state index is 0.229. The average Bonchev–Trinajstić information content (AvgIpc) is 2.87. The minimum atomic E-state index is -0.229. The predicted octanol–water partition coefficient (Wildman–Crippen LogP) is 4.31. The Morgan fingerprint density at radius 2 is 1.88 bits per heavy atom. The van der Waals surface area contributed by atoms with Gasteiger partial charge in [0.05, 0.1) is 16.8 Å². The lowest BCUT2D eigenvalue weighted by atomic mass is 10.1. The van der Waals surface area contributed by atoms with Gasteiger partial charge in [-0.05, 0) is 56.5 Å². The number of hydrogen-bond acceptors (Lipinski definition) is 2. The van der Waals surface area contributed by atoms with Crippen molar-refractivity contribution in [1.82, 2.24) is 4.57 Å². The molecule has 0 spiro atoms. The van der Waals surface area contributed by atoms with Crippen LogP contribution in [0.15, 0.2) is 35.3 Å². The van der Waals surface area contributed by atoms with Crippen molar-refractivity contribution in [3.05, 3.63) is 63.0 Å². The molecule has 0 aliphatic heterocycles. The molecule has 0 unspecified atom stereocenters. The molecule has 0 atom stereocenters. The van der Waals surface area contributed by atoms with E-state index in [1.165, 1.54) is 16.9 Å². The van der Waals surface area contributed by atoms with Crippen LogP contribution in [0.4, 0.5) is 0 Å². The van der Waals surface area contributed by atoms with Crippen LogP contribution in [0.25, 0.3) is 10.2 Å². The van der Waals surface area contributed by atoms with Gasteiger partial charge in [0.1, 0.15) is 0 Å². The fourth-order valence-electron chi connectivity index (χ4n) is 3.03. The van der Waals surface area contributed by atoms with Crippen LogP contribution in [0, 0.1) is 40.0 Å². The molecule has 1 amide bonds. The molecule has 3 aromatic rings. The predicted molar refractivity (Wildman–Crippen MR) is 104 cm³/mol. The first-order valence-electron chi connectivity index (χ1n) is 8.11. The zero-order valence-electron chi connectivity index (χ0n) is 14.9. The smallest absolute Gasteiger partial charge is 0.279 e. The summed E-state index contributed by atoms with van der Waals surface area (Å²) in [6.07, 6.45) is 5.55. The van der Waals surface area contributed by atoms with E-state index in [4.69, 9.17) is 6.42 Å². The van der Waals surface area contributed by atoms with Crippen LogP contribution in [0.2, 0.25) is 0 Å². The van der Waals surface area contributed by atoms with Crippen LogP contribution in [0.1, 0.15) is 32.6 Å². The number of carbonyl (C=O) groups is 1. The Hall–Kier alpha value is -2.64. The summed E-state index contributed by atoms with van der Waals surface area (Å²) in [7, 11) is 0. The first-order chi connectivity index (χ1) is 11.9. The number of fused-ring (bicyclic) bond motifs is 1. The van der Waals surface area contributed by atoms with Gasteiger partial charge in [0.15, 0.2) is 4.80 Å². The number of nitrogens with zero attached hydrogens (tertiary/aromatic N) is 2. The van der Waals surface area contributed by atoms with Crippen molar-refractivity contribution in [2.45, 2.75) is 34.2 Å². The van der Waals surface area contributed by atoms with Crippen LogP contribution >= 0.6 is 11.3 Å². The molecule has 4 heteroatoms. The number of carbonyl (C=O) groups excluding carboxylic acids is 1. The molecule has 3 rings (SSSR count). The average molecular weight is 348 g/mol. The van der Waals surface area contributed by atoms with Crippen LogP contribution < -0.4 is 4.80 Å². The first-order valence-corrected chi connectivity index (χ1v) is 8.92. The van der Waals surface area contributed by atoms with E-state index in [9.17, 15) is 4.79 Å². The molecule has 1 heterocycles. The number of hydrogen-bond donors (Lipinski definition) is 0. The van der Waals surface area contributed by atoms with Gasteiger partial charge >= 0.3 is 0 Å². The van der Waals surface area contributed by atoms with Gasteiger partial charge in [-0.15, -0.1) is 6.42 Å². The van der Waals surface area contributed by atoms with Crippen LogP contribution in [-0.4, -0.2) is 10.5 Å². The molecule has 0 fully saturated rings. The highest BCUT2D eigenvalue weighted by Crippen LogP contribution is 2.23. The highest BCUT2D eigenvalue weighted by Gasteiger charge is 2.12. The zero-order valence-corrected chi connectivity index (χ0v) is 15.7. The molecule has 1 aromatic heterocycles. The van der Waals surface area contributed by atoms with Gasteiger partial charge in [0, 0.05) is 5.56 Å². The number of amides is 1. The highest BCUT2D eigenvalue weighted by molar-refractivity contribution is 7.16. The second kappa shape index (κ2) is 6.70. The van der Waals surface area contributed by atoms with Crippen LogP contribution in [0.5, 0.6) is 0 Å². The van der Waals surface area contributed by atoms with Gasteiger partial charge in [-0.3, -0.25) is 4.79 Å². The number of terminal acetylenes is 1. The molecule has 0 saturated heterocycles. The number of thiazole rings is 1. The Kier molecular flexibility index (Phi) is 4.61. The van der Waals surface area contributed by atoms with Gasteiger partial charge in [-0.1, -0.05) is 41.0 Å². The summed E-state index contributed by atoms with van der Waals surface area (Å²) in [5.41, 5.74) is 5.99. The molecule has 25 heavy (non-hydrogen) atoms. The molecule has 0 bridgehead atoms. The molecule has 0 aliphatic carbocycles. The summed E-state index contributed by atoms with van der Waals surface area (Å²) in [5.74, 6) is 2.45. The molecule has 0 N–H and O–H groups in total. The zero-order chi connectivity index (χ0) is 18.1. The van der Waals surface area contributed by atoms with Crippen molar-refractivity contribution in [3.8, 4) is 12.3 Å². The highest BCUT2D eigenvalue weighted by atomic mass is 32.1. The van der Waals surface area contributed by atoms with E-state index < -0.39 is 0 Å². The maximum atomic E-state index is 12.7. The lowest BCUT2D eigenvalue weighted by molar-refractivity contribution is 0.0997. The fraction of sp³-hybridized carbons (Fsp3) is 0.238. The van der Waals surface area contributed by atoms with Crippen LogP contribution in [0.3, 0.4) is 0 Å². The first kappa shape index (κ1) is 17.2. The SMILES string of the molecule is C#CCn1c(=NC(=O)c2cc(C)ccc2C)sc2cc(C)cc(C)c21. The Balaban J connectivity index is 2.24. The van der Waals surface area contributed by atoms with E-state index in [1.807, 2.05) is 36.6 Å². The van der Waals surface area contributed by atoms with Gasteiger partial charge < -0.3 is 4.57 Å². The fourth-order valence-corrected chi connectivity index (χ4v) is 4.23. The normalized spacial score (nSPS) is 11.7. The largest absolute Gasteiger partial charge is 0.304 e. The Bertz CT molecular complexity index is 1090. The molecule has 0 radical (unpaired) electrons. The summed E-state index contributed by atoms with van der Waals surface area (Å²) in [6.45, 7) is 8.42. The second-order valence-corrected chi connectivity index (χ2v) is 7.35. The number of benzene rings is 2. The van der Waals surface area contributed by atoms with Crippen molar-refractivity contribution in [1.29, 1.82) is 0 Å². The van der Waals surface area contributed by atoms with Gasteiger partial charge in [0.25, 0.3) is 5.91 Å². The third-order valence-corrected chi connectivity index (χ3v) is 5.21. The third-order valence-electron chi connectivity index (χ3n) is 4.18. The molecular formula is C21H20N2OS. The monoisotopic (exact) mass is 348 g/mol. The van der Waals surface area contributed by atoms with Gasteiger partial charge in [-0.25, -0.2) is 0 Å². The molecule has 2 aromatic carbocycles. The summed E-state index contributed by atoms with van der Waals surface area (Å²) in [5, 5.41) is 0. The molecular weight excluding hydrogens is 328 g/mol. The van der Waals surface area contributed by atoms with Gasteiger partial charge in [0.2, 0.25) is 0 Å². The summed E-state index contributed by atoms with van der Waals surface area (Å²) in [4.78, 5) is 17.8. The van der Waals surface area contributed by atoms with E-state index in [0.717, 1.165) is 26.9 Å². The lowest BCUT2D eigenvalue weighted by Gasteiger charge is -2.05. The standard InChI is InChI=1S/C21H20N2OS/c1-6-9-23-19-16(5)10-14(3)12-18(19)25-21(23)22-20(24)17-11-13(2)7-8-15(17)4/h1,7-8,10-12H,9H2,2-5H3. The van der Waals surface area contributed by atoms with Gasteiger partial charge in [-0.2, -0.15) is 4.99 Å². The molecule has 126 valence electrons. The maximum absolute atomic E-state index is 12.7. The summed E-state index contributed by atoms with van der Waals surface area (Å²) in [6, 6.07) is 10.1. The topological polar surface area (TPSA) is 34.4 Å². The molecule has 0 saturated carbocycles. The van der Waals surface area contributed by atoms with Crippen LogP contribution in [-0.2, 0) is 6.54 Å². The third kappa shape index (κ3) is 3.29. The van der Waals surface area contributed by atoms with Crippen molar-refractivity contribution in [3.63, 3.8) is 0 Å². The number of rotatable bonds is 2. The quantitative estimate of drug-likeness (QED) is 0.636. The van der Waals surface area contributed by atoms with Crippen molar-refractivity contribution < 1.29 is 4.79 Å². The minimum Gasteiger partial charge on any atom is -0.304 e. The van der Waals surface area contributed by atoms with E-state index in [1.54, 1.807) is 0 Å². The molecule has 3 nitrogen and oxygen atoms in total. The van der Waals surface area contributed by atoms with E-state index in [-0.39, 0.29) is 5.91 Å². The van der Waals surface area contributed by atoms with Crippen molar-refractivity contribution in [2.24, 2.45) is 4.99 Å². The van der Waals surface area contributed by atoms with Crippen molar-refractivity contribution >= 4 is 27.5 Å². The summed E-state index contributed by atoms with van der Waals surface area (Å²) < 4.78 is 3.05. The number of aryl methyl sites for hydroxylation is 4. The Morgan fingerprint density at radius 3 is 2.60 bits per heavy atom. The number of aromatic nitrogens is 1. The second-order valence-electron chi connectivity index (χ2n) is 6.34. The van der Waals surface area contributed by atoms with Crippen molar-refractivity contribution in [2.75, 3.05) is 0 Å². The van der Waals surface area contributed by atoms with E-state index in [2.05, 4.69) is 36.9 Å². The van der Waals surface area contributed by atoms with E-state index in [0.29, 0.717) is 16.9 Å². The Morgan fingerprint density at radius 1 is 1.12 bits per heavy atom. The maximum Gasteiger partial charge on any atom is 0.279 e. The summed E-state index contributed by atoms with van der Waals surface area (Å²) >= 11 is 1.51. The van der Waals surface area contributed by atoms with E-state index >= 15 is 0 Å². The Labute approximate surface area is 151 Å².